The average Bonchev–Trinajstić information content (AvgIpc) is 3.42. The molecule has 0 radical (unpaired) electrons. The number of rotatable bonds is 6. The molecule has 0 fully saturated rings. The van der Waals surface area contributed by atoms with Crippen LogP contribution in [0.3, 0.4) is 0 Å². The largest absolute Gasteiger partial charge is 0.489 e. The van der Waals surface area contributed by atoms with E-state index in [1.807, 2.05) is 78.8 Å². The Labute approximate surface area is 185 Å². The van der Waals surface area contributed by atoms with Crippen LogP contribution in [0.1, 0.15) is 32.6 Å². The molecule has 1 unspecified atom stereocenters. The highest BCUT2D eigenvalue weighted by atomic mass is 32.2. The molecule has 31 heavy (non-hydrogen) atoms. The van der Waals surface area contributed by atoms with Crippen LogP contribution in [0.2, 0.25) is 0 Å². The lowest BCUT2D eigenvalue weighted by atomic mass is 10.2. The van der Waals surface area contributed by atoms with Crippen molar-refractivity contribution < 1.29 is 9.53 Å². The number of fused-ring (bicyclic) bond motifs is 1. The van der Waals surface area contributed by atoms with E-state index >= 15 is 0 Å². The molecule has 0 saturated carbocycles. The fourth-order valence-electron chi connectivity index (χ4n) is 3.65. The smallest absolute Gasteiger partial charge is 0.255 e. The number of hydrogen-bond acceptors (Lipinski definition) is 4. The summed E-state index contributed by atoms with van der Waals surface area (Å²) < 4.78 is 8.07. The van der Waals surface area contributed by atoms with E-state index in [-0.39, 0.29) is 11.3 Å². The van der Waals surface area contributed by atoms with Crippen LogP contribution in [0.5, 0.6) is 5.75 Å². The molecule has 1 N–H and O–H groups in total. The van der Waals surface area contributed by atoms with Crippen LogP contribution in [-0.4, -0.2) is 15.5 Å². The van der Waals surface area contributed by atoms with Gasteiger partial charge < -0.3 is 14.6 Å². The third-order valence-corrected chi connectivity index (χ3v) is 6.47. The van der Waals surface area contributed by atoms with Crippen LogP contribution in [0.15, 0.2) is 91.4 Å². The van der Waals surface area contributed by atoms with E-state index in [1.54, 1.807) is 18.3 Å². The fraction of sp³-hybridized carbons (Fsp3) is 0.120. The highest BCUT2D eigenvalue weighted by Crippen LogP contribution is 2.43. The molecule has 0 aliphatic carbocycles. The van der Waals surface area contributed by atoms with Crippen LogP contribution in [0, 0.1) is 0 Å². The SMILES string of the molecule is O=C(Nc1ccn2c1CSC2c1cccnc1)c1cccc(OCc2ccccc2)c1. The van der Waals surface area contributed by atoms with Crippen molar-refractivity contribution in [1.29, 1.82) is 0 Å². The Morgan fingerprint density at radius 1 is 1.10 bits per heavy atom. The molecule has 1 aliphatic heterocycles. The van der Waals surface area contributed by atoms with E-state index in [4.69, 9.17) is 4.74 Å². The number of nitrogens with one attached hydrogen (secondary N) is 1. The summed E-state index contributed by atoms with van der Waals surface area (Å²) in [4.78, 5) is 17.1. The lowest BCUT2D eigenvalue weighted by Crippen LogP contribution is -2.13. The Balaban J connectivity index is 1.28. The third-order valence-electron chi connectivity index (χ3n) is 5.22. The van der Waals surface area contributed by atoms with Gasteiger partial charge in [-0.05, 0) is 35.9 Å². The highest BCUT2D eigenvalue weighted by Gasteiger charge is 2.27. The Hall–Kier alpha value is -3.51. The molecule has 5 nitrogen and oxygen atoms in total. The van der Waals surface area contributed by atoms with E-state index in [2.05, 4.69) is 20.9 Å². The first kappa shape index (κ1) is 19.5. The van der Waals surface area contributed by atoms with Crippen LogP contribution >= 0.6 is 11.8 Å². The molecule has 0 spiro atoms. The third kappa shape index (κ3) is 4.20. The van der Waals surface area contributed by atoms with E-state index in [1.165, 1.54) is 0 Å². The summed E-state index contributed by atoms with van der Waals surface area (Å²) in [6, 6.07) is 23.3. The van der Waals surface area contributed by atoms with Gasteiger partial charge in [0, 0.05) is 35.5 Å². The number of amides is 1. The molecule has 2 aromatic carbocycles. The van der Waals surface area contributed by atoms with Crippen molar-refractivity contribution in [3.8, 4) is 5.75 Å². The summed E-state index contributed by atoms with van der Waals surface area (Å²) in [6.45, 7) is 0.464. The Kier molecular flexibility index (Phi) is 5.46. The minimum absolute atomic E-state index is 0.144. The first-order valence-corrected chi connectivity index (χ1v) is 11.1. The molecule has 3 heterocycles. The van der Waals surface area contributed by atoms with Crippen molar-refractivity contribution in [2.45, 2.75) is 17.7 Å². The molecular weight excluding hydrogens is 406 g/mol. The zero-order valence-electron chi connectivity index (χ0n) is 16.8. The molecule has 5 rings (SSSR count). The van der Waals surface area contributed by atoms with E-state index in [0.717, 1.165) is 28.3 Å². The zero-order valence-corrected chi connectivity index (χ0v) is 17.6. The molecule has 2 aromatic heterocycles. The van der Waals surface area contributed by atoms with Gasteiger partial charge >= 0.3 is 0 Å². The van der Waals surface area contributed by atoms with Gasteiger partial charge in [-0.2, -0.15) is 0 Å². The van der Waals surface area contributed by atoms with Crippen LogP contribution in [0.4, 0.5) is 5.69 Å². The maximum atomic E-state index is 12.9. The van der Waals surface area contributed by atoms with Gasteiger partial charge in [0.25, 0.3) is 5.91 Å². The van der Waals surface area contributed by atoms with Crippen LogP contribution in [-0.2, 0) is 12.4 Å². The molecule has 1 aliphatic rings. The van der Waals surface area contributed by atoms with E-state index in [9.17, 15) is 4.79 Å². The molecule has 6 heteroatoms. The summed E-state index contributed by atoms with van der Waals surface area (Å²) in [5.74, 6) is 1.36. The number of carbonyl (C=O) groups excluding carboxylic acids is 1. The molecule has 1 amide bonds. The summed E-state index contributed by atoms with van der Waals surface area (Å²) in [7, 11) is 0. The van der Waals surface area contributed by atoms with Gasteiger partial charge in [0.2, 0.25) is 0 Å². The first-order chi connectivity index (χ1) is 15.3. The average molecular weight is 428 g/mol. The predicted octanol–water partition coefficient (Wildman–Crippen LogP) is 5.51. The van der Waals surface area contributed by atoms with Crippen molar-refractivity contribution in [2.75, 3.05) is 5.32 Å². The molecule has 0 bridgehead atoms. The number of anilines is 1. The normalized spacial score (nSPS) is 14.8. The van der Waals surface area contributed by atoms with E-state index in [0.29, 0.717) is 17.9 Å². The van der Waals surface area contributed by atoms with E-state index < -0.39 is 0 Å². The van der Waals surface area contributed by atoms with Gasteiger partial charge in [-0.1, -0.05) is 42.5 Å². The number of carbonyl (C=O) groups is 1. The maximum absolute atomic E-state index is 12.9. The van der Waals surface area contributed by atoms with Crippen molar-refractivity contribution in [3.05, 3.63) is 114 Å². The van der Waals surface area contributed by atoms with Gasteiger partial charge in [0.05, 0.1) is 11.4 Å². The number of nitrogens with zero attached hydrogens (tertiary/aromatic N) is 2. The minimum atomic E-state index is -0.144. The molecule has 4 aromatic rings. The number of aromatic nitrogens is 2. The quantitative estimate of drug-likeness (QED) is 0.441. The number of benzene rings is 2. The Morgan fingerprint density at radius 2 is 2.00 bits per heavy atom. The fourth-order valence-corrected chi connectivity index (χ4v) is 4.96. The van der Waals surface area contributed by atoms with Gasteiger partial charge in [0.1, 0.15) is 17.7 Å². The van der Waals surface area contributed by atoms with Crippen LogP contribution < -0.4 is 10.1 Å². The topological polar surface area (TPSA) is 56.2 Å². The van der Waals surface area contributed by atoms with Crippen molar-refractivity contribution >= 4 is 23.4 Å². The maximum Gasteiger partial charge on any atom is 0.255 e. The second-order valence-electron chi connectivity index (χ2n) is 7.29. The summed E-state index contributed by atoms with van der Waals surface area (Å²) in [5, 5.41) is 3.25. The highest BCUT2D eigenvalue weighted by molar-refractivity contribution is 7.99. The second kappa shape index (κ2) is 8.70. The van der Waals surface area contributed by atoms with Gasteiger partial charge in [-0.25, -0.2) is 0 Å². The molecule has 154 valence electrons. The number of pyridine rings is 1. The summed E-state index contributed by atoms with van der Waals surface area (Å²) >= 11 is 1.83. The monoisotopic (exact) mass is 427 g/mol. The second-order valence-corrected chi connectivity index (χ2v) is 8.36. The first-order valence-electron chi connectivity index (χ1n) is 10.1. The minimum Gasteiger partial charge on any atom is -0.489 e. The molecular formula is C25H21N3O2S. The van der Waals surface area contributed by atoms with Gasteiger partial charge in [0.15, 0.2) is 0 Å². The summed E-state index contributed by atoms with van der Waals surface area (Å²) in [6.07, 6.45) is 5.71. The van der Waals surface area contributed by atoms with Gasteiger partial charge in [-0.15, -0.1) is 11.8 Å². The Bertz CT molecular complexity index is 1190. The zero-order chi connectivity index (χ0) is 21.0. The van der Waals surface area contributed by atoms with Crippen LogP contribution in [0.25, 0.3) is 0 Å². The van der Waals surface area contributed by atoms with Gasteiger partial charge in [-0.3, -0.25) is 9.78 Å². The number of ether oxygens (including phenoxy) is 1. The lowest BCUT2D eigenvalue weighted by molar-refractivity contribution is 0.102. The molecule has 0 saturated heterocycles. The number of thioether (sulfide) groups is 1. The standard InChI is InChI=1S/C25H21N3O2S/c29-24(19-8-4-10-21(14-19)30-16-18-6-2-1-3-7-18)27-22-11-13-28-23(22)17-31-25(28)20-9-5-12-26-15-20/h1-15,25H,16-17H2,(H,27,29). The van der Waals surface area contributed by atoms with Crippen molar-refractivity contribution in [1.82, 2.24) is 9.55 Å². The summed E-state index contributed by atoms with van der Waals surface area (Å²) in [5.41, 5.74) is 4.77. The lowest BCUT2D eigenvalue weighted by Gasteiger charge is -2.12. The molecule has 1 atom stereocenters. The number of hydrogen-bond donors (Lipinski definition) is 1. The van der Waals surface area contributed by atoms with Crippen molar-refractivity contribution in [3.63, 3.8) is 0 Å². The van der Waals surface area contributed by atoms with Crippen molar-refractivity contribution in [2.24, 2.45) is 0 Å². The Morgan fingerprint density at radius 3 is 2.84 bits per heavy atom. The predicted molar refractivity (Wildman–Crippen MR) is 123 cm³/mol.